The van der Waals surface area contributed by atoms with Crippen molar-refractivity contribution in [3.05, 3.63) is 47.7 Å². The molecule has 3 heterocycles. The number of hydrogen-bond donors (Lipinski definition) is 4. The first-order valence-corrected chi connectivity index (χ1v) is 21.8. The van der Waals surface area contributed by atoms with Gasteiger partial charge < -0.3 is 20.9 Å². The normalized spacial score (nSPS) is 24.8. The van der Waals surface area contributed by atoms with Gasteiger partial charge in [0.05, 0.1) is 29.1 Å². The fourth-order valence-corrected chi connectivity index (χ4v) is 9.02. The van der Waals surface area contributed by atoms with Crippen LogP contribution < -0.4 is 27.2 Å². The maximum atomic E-state index is 7.09. The number of aryl methyl sites for hydroxylation is 2. The molecule has 3 aliphatic rings. The number of nitrogens with two attached hydrogens (primary N) is 2. The van der Waals surface area contributed by atoms with Crippen LogP contribution >= 0.6 is 0 Å². The summed E-state index contributed by atoms with van der Waals surface area (Å²) in [7, 11) is 3.99. The van der Waals surface area contributed by atoms with Crippen molar-refractivity contribution in [1.29, 1.82) is 0 Å². The summed E-state index contributed by atoms with van der Waals surface area (Å²) in [6, 6.07) is 0.840. The molecular weight excluding hydrogens is 741 g/mol. The van der Waals surface area contributed by atoms with E-state index < -0.39 is 0 Å². The van der Waals surface area contributed by atoms with Gasteiger partial charge in [-0.3, -0.25) is 20.0 Å². The van der Waals surface area contributed by atoms with Crippen molar-refractivity contribution >= 4 is 41.4 Å². The summed E-state index contributed by atoms with van der Waals surface area (Å²) in [5.74, 6) is 11.3. The average molecular weight is 809 g/mol. The lowest BCUT2D eigenvalue weighted by atomic mass is 9.90. The Balaban J connectivity index is 1.14. The second-order valence-corrected chi connectivity index (χ2v) is 17.0. The summed E-state index contributed by atoms with van der Waals surface area (Å²) in [6.45, 7) is 14.7. The van der Waals surface area contributed by atoms with E-state index in [9.17, 15) is 0 Å². The molecule has 6 N–H and O–H groups in total. The molecular formula is C43H68N16. The Hall–Kier alpha value is -4.83. The molecule has 16 nitrogen and oxygen atoms in total. The van der Waals surface area contributed by atoms with E-state index in [-0.39, 0.29) is 18.1 Å². The maximum Gasteiger partial charge on any atom is 0.225 e. The number of allylic oxidation sites excluding steroid dienone is 1. The summed E-state index contributed by atoms with van der Waals surface area (Å²) >= 11 is 0. The molecule has 6 rings (SSSR count). The molecule has 3 fully saturated rings. The van der Waals surface area contributed by atoms with Crippen LogP contribution in [0.5, 0.6) is 0 Å². The van der Waals surface area contributed by atoms with Crippen LogP contribution in [0, 0.1) is 24.7 Å². The number of imidazole rings is 1. The topological polar surface area (TPSA) is 201 Å². The largest absolute Gasteiger partial charge is 0.365 e. The van der Waals surface area contributed by atoms with E-state index in [0.29, 0.717) is 42.1 Å². The van der Waals surface area contributed by atoms with Gasteiger partial charge in [0.15, 0.2) is 11.6 Å². The van der Waals surface area contributed by atoms with E-state index in [1.54, 1.807) is 0 Å². The molecule has 2 unspecified atom stereocenters. The van der Waals surface area contributed by atoms with E-state index in [1.165, 1.54) is 0 Å². The number of aliphatic imine (C=N–C) groups is 2. The van der Waals surface area contributed by atoms with Crippen molar-refractivity contribution in [1.82, 2.24) is 34.5 Å². The molecule has 0 radical (unpaired) electrons. The molecule has 0 amide bonds. The highest BCUT2D eigenvalue weighted by Gasteiger charge is 2.33. The third kappa shape index (κ3) is 11.5. The number of rotatable bonds is 18. The van der Waals surface area contributed by atoms with Crippen LogP contribution in [0.3, 0.4) is 0 Å². The van der Waals surface area contributed by atoms with Crippen molar-refractivity contribution in [3.8, 4) is 0 Å². The van der Waals surface area contributed by atoms with Crippen LogP contribution in [0.1, 0.15) is 115 Å². The van der Waals surface area contributed by atoms with Crippen molar-refractivity contribution in [2.45, 2.75) is 142 Å². The third-order valence-corrected chi connectivity index (χ3v) is 12.4. The minimum atomic E-state index is 0.0757. The van der Waals surface area contributed by atoms with Crippen molar-refractivity contribution in [3.63, 3.8) is 0 Å². The smallest absolute Gasteiger partial charge is 0.225 e. The van der Waals surface area contributed by atoms with Gasteiger partial charge in [0, 0.05) is 69.9 Å². The SMILES string of the molecule is C=C(CC)N=NN(C)C1CC[C@H](Cc2nc(C)nc(NC3CCC(N(N)c4nc(NCCc5cn(C)cn5)nc(C[C@H]5CC(C)[C@H](N)C5)c4N=CC)CC3)c2N=CC)C1. The number of nitrogens with zero attached hydrogens (tertiary/aromatic N) is 12. The van der Waals surface area contributed by atoms with Crippen molar-refractivity contribution in [2.75, 3.05) is 29.2 Å². The molecule has 59 heavy (non-hydrogen) atoms. The summed E-state index contributed by atoms with van der Waals surface area (Å²) in [5, 5.41) is 19.8. The average Bonchev–Trinajstić information content (AvgIpc) is 3.95. The highest BCUT2D eigenvalue weighted by atomic mass is 15.5. The molecule has 0 aromatic carbocycles. The first-order valence-electron chi connectivity index (χ1n) is 21.8. The summed E-state index contributed by atoms with van der Waals surface area (Å²) in [4.78, 5) is 34.1. The second-order valence-electron chi connectivity index (χ2n) is 17.0. The van der Waals surface area contributed by atoms with E-state index in [4.69, 9.17) is 41.5 Å². The standard InChI is InChI=1S/C43H68N16/c1-9-28(5)55-56-58(8)35-15-12-30(21-35)23-37-39(46-10-2)41(51-29(6)50-37)52-32-13-16-34(17-14-32)59(45)42-40(47-11-3)38(24-31-20-27(4)36(44)22-31)53-43(54-42)48-19-18-33-25-57(7)26-49-33/h10-11,25-27,30-32,34-36H,5,9,12-24,44-45H2,1-4,6-8H3,(H,48,53,54)(H,50,51,52)/t27?,30-,31-,32?,34?,35?,36+/m0/s1. The summed E-state index contributed by atoms with van der Waals surface area (Å²) in [6.07, 6.45) is 19.5. The fourth-order valence-electron chi connectivity index (χ4n) is 9.02. The lowest BCUT2D eigenvalue weighted by Crippen LogP contribution is -2.45. The Morgan fingerprint density at radius 2 is 1.66 bits per heavy atom. The molecule has 5 atom stereocenters. The predicted octanol–water partition coefficient (Wildman–Crippen LogP) is 7.36. The van der Waals surface area contributed by atoms with Crippen LogP contribution in [0.25, 0.3) is 0 Å². The van der Waals surface area contributed by atoms with Gasteiger partial charge in [-0.2, -0.15) is 4.98 Å². The quantitative estimate of drug-likeness (QED) is 0.0433. The number of hydrogen-bond acceptors (Lipinski definition) is 14. The zero-order valence-electron chi connectivity index (χ0n) is 36.5. The Morgan fingerprint density at radius 1 is 0.949 bits per heavy atom. The van der Waals surface area contributed by atoms with Gasteiger partial charge in [-0.1, -0.05) is 25.6 Å². The Bertz CT molecular complexity index is 1940. The van der Waals surface area contributed by atoms with Gasteiger partial charge in [0.1, 0.15) is 17.2 Å². The third-order valence-electron chi connectivity index (χ3n) is 12.4. The van der Waals surface area contributed by atoms with Crippen LogP contribution in [0.2, 0.25) is 0 Å². The van der Waals surface area contributed by atoms with E-state index >= 15 is 0 Å². The number of hydrazine groups is 1. The molecule has 0 spiro atoms. The van der Waals surface area contributed by atoms with Crippen LogP contribution in [-0.4, -0.2) is 84.7 Å². The van der Waals surface area contributed by atoms with E-state index in [0.717, 1.165) is 129 Å². The summed E-state index contributed by atoms with van der Waals surface area (Å²) < 4.78 is 1.96. The van der Waals surface area contributed by atoms with Gasteiger partial charge in [-0.15, -0.1) is 5.11 Å². The molecule has 0 bridgehead atoms. The van der Waals surface area contributed by atoms with Gasteiger partial charge in [0.2, 0.25) is 5.95 Å². The van der Waals surface area contributed by atoms with Gasteiger partial charge in [-0.05, 0) is 116 Å². The Kier molecular flexibility index (Phi) is 15.1. The molecule has 3 aliphatic carbocycles. The van der Waals surface area contributed by atoms with Gasteiger partial charge in [0.25, 0.3) is 0 Å². The Labute approximate surface area is 351 Å². The van der Waals surface area contributed by atoms with Crippen molar-refractivity contribution in [2.24, 2.45) is 56.7 Å². The van der Waals surface area contributed by atoms with Crippen LogP contribution in [0.15, 0.2) is 45.1 Å². The number of aromatic nitrogens is 6. The van der Waals surface area contributed by atoms with Crippen molar-refractivity contribution < 1.29 is 0 Å². The second kappa shape index (κ2) is 20.4. The zero-order valence-corrected chi connectivity index (χ0v) is 36.5. The number of anilines is 3. The highest BCUT2D eigenvalue weighted by Crippen LogP contribution is 2.40. The molecule has 0 aliphatic heterocycles. The van der Waals surface area contributed by atoms with Gasteiger partial charge >= 0.3 is 0 Å². The predicted molar refractivity (Wildman–Crippen MR) is 239 cm³/mol. The maximum absolute atomic E-state index is 7.09. The molecule has 320 valence electrons. The van der Waals surface area contributed by atoms with E-state index in [1.807, 2.05) is 81.3 Å². The minimum absolute atomic E-state index is 0.0757. The van der Waals surface area contributed by atoms with Crippen LogP contribution in [-0.2, 0) is 26.3 Å². The lowest BCUT2D eigenvalue weighted by Gasteiger charge is -2.36. The molecule has 3 aromatic heterocycles. The monoisotopic (exact) mass is 809 g/mol. The molecule has 3 aromatic rings. The van der Waals surface area contributed by atoms with Crippen LogP contribution in [0.4, 0.5) is 29.0 Å². The fraction of sp³-hybridized carbons (Fsp3) is 0.651. The zero-order chi connectivity index (χ0) is 42.1. The van der Waals surface area contributed by atoms with Gasteiger partial charge in [-0.25, -0.2) is 25.8 Å². The minimum Gasteiger partial charge on any atom is -0.365 e. The lowest BCUT2D eigenvalue weighted by molar-refractivity contribution is 0.234. The molecule has 16 heteroatoms. The highest BCUT2D eigenvalue weighted by molar-refractivity contribution is 5.73. The first-order chi connectivity index (χ1) is 28.4. The Morgan fingerprint density at radius 3 is 2.34 bits per heavy atom. The first kappa shape index (κ1) is 43.7. The molecule has 0 saturated heterocycles. The molecule has 3 saturated carbocycles. The van der Waals surface area contributed by atoms with E-state index in [2.05, 4.69) is 39.5 Å². The summed E-state index contributed by atoms with van der Waals surface area (Å²) in [5.41, 5.74) is 11.8. The number of nitrogens with one attached hydrogen (secondary N) is 2.